The molecule has 0 fully saturated rings. The molecule has 0 aliphatic rings. The number of rotatable bonds is 2. The summed E-state index contributed by atoms with van der Waals surface area (Å²) in [6.45, 7) is 3.47. The van der Waals surface area contributed by atoms with Crippen molar-refractivity contribution in [2.24, 2.45) is 5.73 Å². The Morgan fingerprint density at radius 2 is 2.50 bits per heavy atom. The van der Waals surface area contributed by atoms with E-state index in [1.54, 1.807) is 12.2 Å². The molecule has 1 heteroatoms. The van der Waals surface area contributed by atoms with Crippen molar-refractivity contribution in [2.45, 2.75) is 6.42 Å². The second-order valence-electron chi connectivity index (χ2n) is 0.895. The molecule has 0 aliphatic heterocycles. The first-order chi connectivity index (χ1) is 2.91. The van der Waals surface area contributed by atoms with Gasteiger partial charge in [0.15, 0.2) is 0 Å². The van der Waals surface area contributed by atoms with Gasteiger partial charge in [0.1, 0.15) is 0 Å². The van der Waals surface area contributed by atoms with E-state index in [-0.39, 0.29) is 0 Å². The molecule has 0 aromatic heterocycles. The predicted molar refractivity (Wildman–Crippen MR) is 26.8 cm³/mol. The molecule has 0 rings (SSSR count). The van der Waals surface area contributed by atoms with Crippen molar-refractivity contribution in [3.8, 4) is 0 Å². The molecule has 0 bridgehead atoms. The average Bonchev–Trinajstić information content (AvgIpc) is 1.61. The van der Waals surface area contributed by atoms with E-state index >= 15 is 0 Å². The fourth-order valence-corrected chi connectivity index (χ4v) is 0.151. The number of hydrogen-bond acceptors (Lipinski definition) is 1. The minimum atomic E-state index is 0.816. The molecule has 33 valence electrons. The summed E-state index contributed by atoms with van der Waals surface area (Å²) in [5.74, 6) is 0. The van der Waals surface area contributed by atoms with Crippen molar-refractivity contribution in [3.05, 3.63) is 24.9 Å². The Morgan fingerprint density at radius 1 is 1.83 bits per heavy atom. The van der Waals surface area contributed by atoms with Crippen LogP contribution < -0.4 is 5.73 Å². The Bertz CT molecular complexity index is 55.0. The predicted octanol–water partition coefficient (Wildman–Crippen LogP) is 0.838. The molecule has 0 saturated carbocycles. The smallest absolute Gasteiger partial charge is 0.0507 e. The maximum absolute atomic E-state index is 4.86. The van der Waals surface area contributed by atoms with Crippen molar-refractivity contribution < 1.29 is 0 Å². The zero-order chi connectivity index (χ0) is 4.83. The monoisotopic (exact) mass is 82.1 g/mol. The average molecular weight is 82.1 g/mol. The summed E-state index contributed by atoms with van der Waals surface area (Å²) >= 11 is 0. The van der Waals surface area contributed by atoms with Gasteiger partial charge in [-0.05, 0) is 6.42 Å². The number of hydrogen-bond donors (Lipinski definition) is 1. The van der Waals surface area contributed by atoms with Crippen LogP contribution in [0.15, 0.2) is 18.7 Å². The molecule has 0 spiro atoms. The zero-order valence-electron chi connectivity index (χ0n) is 3.65. The van der Waals surface area contributed by atoms with Crippen molar-refractivity contribution in [1.29, 1.82) is 0 Å². The van der Waals surface area contributed by atoms with Crippen molar-refractivity contribution in [1.82, 2.24) is 0 Å². The van der Waals surface area contributed by atoms with Crippen LogP contribution in [0.3, 0.4) is 0 Å². The standard InChI is InChI=1S/C5H8N/c1-2-3-4-5-6/h2,4H,1,3,6H2. The highest BCUT2D eigenvalue weighted by Gasteiger charge is 1.58. The van der Waals surface area contributed by atoms with Crippen molar-refractivity contribution >= 4 is 0 Å². The highest BCUT2D eigenvalue weighted by Crippen LogP contribution is 1.75. The molecular weight excluding hydrogens is 74.1 g/mol. The van der Waals surface area contributed by atoms with Crippen LogP contribution in [-0.2, 0) is 0 Å². The van der Waals surface area contributed by atoms with E-state index in [1.165, 1.54) is 0 Å². The lowest BCUT2D eigenvalue weighted by Gasteiger charge is -1.69. The summed E-state index contributed by atoms with van der Waals surface area (Å²) in [7, 11) is 0. The maximum Gasteiger partial charge on any atom is 0.0507 e. The van der Waals surface area contributed by atoms with Crippen LogP contribution in [0.25, 0.3) is 0 Å². The van der Waals surface area contributed by atoms with Gasteiger partial charge in [0.2, 0.25) is 0 Å². The van der Waals surface area contributed by atoms with Gasteiger partial charge < -0.3 is 5.73 Å². The number of nitrogens with two attached hydrogens (primary N) is 1. The summed E-state index contributed by atoms with van der Waals surface area (Å²) in [5, 5.41) is 0. The van der Waals surface area contributed by atoms with Crippen LogP contribution in [0.5, 0.6) is 0 Å². The SMILES string of the molecule is C=CC/C=[C]/N. The van der Waals surface area contributed by atoms with E-state index in [9.17, 15) is 0 Å². The topological polar surface area (TPSA) is 26.0 Å². The first-order valence-corrected chi connectivity index (χ1v) is 1.80. The van der Waals surface area contributed by atoms with Gasteiger partial charge in [-0.3, -0.25) is 0 Å². The molecule has 1 nitrogen and oxygen atoms in total. The van der Waals surface area contributed by atoms with Crippen LogP contribution in [-0.4, -0.2) is 0 Å². The fraction of sp³-hybridized carbons (Fsp3) is 0.200. The van der Waals surface area contributed by atoms with Gasteiger partial charge in [-0.2, -0.15) is 0 Å². The van der Waals surface area contributed by atoms with Gasteiger partial charge >= 0.3 is 0 Å². The largest absolute Gasteiger partial charge is 0.397 e. The van der Waals surface area contributed by atoms with Gasteiger partial charge in [0, 0.05) is 0 Å². The molecule has 0 unspecified atom stereocenters. The minimum Gasteiger partial charge on any atom is -0.397 e. The van der Waals surface area contributed by atoms with Crippen molar-refractivity contribution in [3.63, 3.8) is 0 Å². The third kappa shape index (κ3) is 3.28. The van der Waals surface area contributed by atoms with Crippen LogP contribution in [0.1, 0.15) is 6.42 Å². The Labute approximate surface area is 38.2 Å². The first-order valence-electron chi connectivity index (χ1n) is 1.80. The highest BCUT2D eigenvalue weighted by molar-refractivity contribution is 4.80. The highest BCUT2D eigenvalue weighted by atomic mass is 14.5. The fourth-order valence-electron chi connectivity index (χ4n) is 0.151. The molecule has 0 saturated heterocycles. The Morgan fingerprint density at radius 3 is 2.67 bits per heavy atom. The van der Waals surface area contributed by atoms with E-state index in [2.05, 4.69) is 12.8 Å². The summed E-state index contributed by atoms with van der Waals surface area (Å²) < 4.78 is 0. The summed E-state index contributed by atoms with van der Waals surface area (Å²) in [5.41, 5.74) is 4.86. The summed E-state index contributed by atoms with van der Waals surface area (Å²) in [6, 6.07) is 0. The van der Waals surface area contributed by atoms with Gasteiger partial charge in [-0.25, -0.2) is 0 Å². The Hall–Kier alpha value is -0.720. The van der Waals surface area contributed by atoms with Crippen molar-refractivity contribution in [2.75, 3.05) is 0 Å². The molecule has 6 heavy (non-hydrogen) atoms. The van der Waals surface area contributed by atoms with E-state index in [0.717, 1.165) is 6.42 Å². The molecule has 0 atom stereocenters. The van der Waals surface area contributed by atoms with Crippen LogP contribution >= 0.6 is 0 Å². The van der Waals surface area contributed by atoms with Gasteiger partial charge in [0.25, 0.3) is 0 Å². The lowest BCUT2D eigenvalue weighted by atomic mass is 10.4. The normalized spacial score (nSPS) is 9.33. The molecule has 2 N–H and O–H groups in total. The number of allylic oxidation sites excluding steroid dienone is 2. The molecule has 0 aromatic rings. The third-order valence-corrected chi connectivity index (χ3v) is 0.402. The summed E-state index contributed by atoms with van der Waals surface area (Å²) in [6.07, 6.45) is 6.67. The van der Waals surface area contributed by atoms with Gasteiger partial charge in [-0.1, -0.05) is 12.2 Å². The minimum absolute atomic E-state index is 0.816. The van der Waals surface area contributed by atoms with Crippen LogP contribution in [0, 0.1) is 6.20 Å². The van der Waals surface area contributed by atoms with Gasteiger partial charge in [-0.15, -0.1) is 6.58 Å². The van der Waals surface area contributed by atoms with E-state index in [0.29, 0.717) is 0 Å². The van der Waals surface area contributed by atoms with Crippen LogP contribution in [0.2, 0.25) is 0 Å². The second kappa shape index (κ2) is 4.28. The van der Waals surface area contributed by atoms with E-state index < -0.39 is 0 Å². The molecule has 0 amide bonds. The molecule has 0 aromatic carbocycles. The van der Waals surface area contributed by atoms with Gasteiger partial charge in [0.05, 0.1) is 6.20 Å². The Kier molecular flexibility index (Phi) is 3.77. The second-order valence-corrected chi connectivity index (χ2v) is 0.895. The summed E-state index contributed by atoms with van der Waals surface area (Å²) in [4.78, 5) is 0. The lowest BCUT2D eigenvalue weighted by molar-refractivity contribution is 1.34. The lowest BCUT2D eigenvalue weighted by Crippen LogP contribution is -1.74. The Balaban J connectivity index is 2.85. The first kappa shape index (κ1) is 5.28. The molecule has 1 radical (unpaired) electrons. The van der Waals surface area contributed by atoms with Crippen LogP contribution in [0.4, 0.5) is 0 Å². The zero-order valence-corrected chi connectivity index (χ0v) is 3.65. The molecule has 0 heterocycles. The van der Waals surface area contributed by atoms with E-state index in [1.807, 2.05) is 0 Å². The van der Waals surface area contributed by atoms with E-state index in [4.69, 9.17) is 5.73 Å². The molecular formula is C5H8N. The molecule has 0 aliphatic carbocycles. The quantitative estimate of drug-likeness (QED) is 0.387. The third-order valence-electron chi connectivity index (χ3n) is 0.402. The maximum atomic E-state index is 4.86.